The van der Waals surface area contributed by atoms with Gasteiger partial charge in [-0.3, -0.25) is 15.4 Å². The Kier molecular flexibility index (Phi) is 7.27. The minimum absolute atomic E-state index is 0.351. The molecule has 0 atom stereocenters. The first-order valence-electron chi connectivity index (χ1n) is 13.9. The Labute approximate surface area is 245 Å². The Balaban J connectivity index is 1.48. The second-order valence-electron chi connectivity index (χ2n) is 10.1. The average molecular weight is 543 g/mol. The van der Waals surface area contributed by atoms with E-state index in [1.54, 1.807) is 18.2 Å². The molecule has 4 heteroatoms. The summed E-state index contributed by atoms with van der Waals surface area (Å²) >= 11 is 0. The van der Waals surface area contributed by atoms with Gasteiger partial charge in [0.2, 0.25) is 0 Å². The Hall–Kier alpha value is -5.61. The quantitative estimate of drug-likeness (QED) is 0.120. The third kappa shape index (κ3) is 5.02. The van der Waals surface area contributed by atoms with Crippen molar-refractivity contribution in [3.8, 4) is 22.3 Å². The lowest BCUT2D eigenvalue weighted by Gasteiger charge is -2.14. The molecule has 6 aromatic rings. The van der Waals surface area contributed by atoms with Gasteiger partial charge in [-0.15, -0.1) is 0 Å². The van der Waals surface area contributed by atoms with E-state index in [9.17, 15) is 0 Å². The normalized spacial score (nSPS) is 12.2. The fraction of sp³-hybridized carbons (Fsp3) is 0.0263. The van der Waals surface area contributed by atoms with Crippen LogP contribution in [-0.4, -0.2) is 15.7 Å². The molecular formula is C38H30N4. The third-order valence-corrected chi connectivity index (χ3v) is 7.47. The Morgan fingerprint density at radius 2 is 1.19 bits per heavy atom. The minimum Gasteiger partial charge on any atom is -0.397 e. The van der Waals surface area contributed by atoms with Crippen LogP contribution in [-0.2, 0) is 0 Å². The van der Waals surface area contributed by atoms with Crippen LogP contribution in [0.5, 0.6) is 0 Å². The number of allylic oxidation sites excluding steroid dienone is 6. The molecule has 0 saturated heterocycles. The minimum atomic E-state index is 0.351. The van der Waals surface area contributed by atoms with Crippen LogP contribution in [0.15, 0.2) is 140 Å². The first-order valence-corrected chi connectivity index (χ1v) is 13.9. The number of fused-ring (bicyclic) bond motifs is 6. The van der Waals surface area contributed by atoms with Gasteiger partial charge in [0.1, 0.15) is 0 Å². The lowest BCUT2D eigenvalue weighted by Crippen LogP contribution is -1.98. The fourth-order valence-electron chi connectivity index (χ4n) is 5.31. The Morgan fingerprint density at radius 3 is 1.69 bits per heavy atom. The number of rotatable bonds is 7. The smallest absolute Gasteiger partial charge is 0.0879 e. The molecule has 0 spiro atoms. The molecule has 2 heterocycles. The van der Waals surface area contributed by atoms with Crippen LogP contribution in [0.2, 0.25) is 0 Å². The number of aromatic nitrogens is 2. The molecule has 0 saturated carbocycles. The maximum atomic E-state index is 8.22. The molecule has 4 aromatic carbocycles. The standard InChI is InChI=1S/C38H30N4/c1-3-5-11-35(39)37-19-15-27(23-41-37)25-13-17-31-29-9-7-8-10-30(29)32-18-14-26(22-34(32)33(31)21-25)28-16-20-38(42-24-28)36(40)12-6-4-2/h3-24,39H,1,40H2,2H3/b6-4-,11-5-,36-12-,39-35?. The van der Waals surface area contributed by atoms with Gasteiger partial charge in [0.15, 0.2) is 0 Å². The number of nitrogens with two attached hydrogens (primary N) is 1. The summed E-state index contributed by atoms with van der Waals surface area (Å²) in [6.45, 7) is 5.63. The molecule has 4 nitrogen and oxygen atoms in total. The van der Waals surface area contributed by atoms with Crippen molar-refractivity contribution in [2.75, 3.05) is 0 Å². The monoisotopic (exact) mass is 542 g/mol. The van der Waals surface area contributed by atoms with E-state index in [0.29, 0.717) is 17.1 Å². The maximum Gasteiger partial charge on any atom is 0.0879 e. The van der Waals surface area contributed by atoms with Crippen LogP contribution in [0.3, 0.4) is 0 Å². The molecule has 3 N–H and O–H groups in total. The van der Waals surface area contributed by atoms with Gasteiger partial charge in [0, 0.05) is 23.5 Å². The van der Waals surface area contributed by atoms with Crippen molar-refractivity contribution < 1.29 is 0 Å². The van der Waals surface area contributed by atoms with Crippen molar-refractivity contribution in [1.29, 1.82) is 5.41 Å². The molecule has 0 aliphatic carbocycles. The van der Waals surface area contributed by atoms with Gasteiger partial charge in [0.05, 0.1) is 22.8 Å². The molecule has 0 radical (unpaired) electrons. The molecule has 0 aliphatic rings. The second kappa shape index (κ2) is 11.5. The summed E-state index contributed by atoms with van der Waals surface area (Å²) in [6, 6.07) is 29.8. The van der Waals surface area contributed by atoms with Crippen LogP contribution < -0.4 is 5.73 Å². The predicted octanol–water partition coefficient (Wildman–Crippen LogP) is 9.26. The Bertz CT molecular complexity index is 2060. The molecular weight excluding hydrogens is 512 g/mol. The number of nitrogens with zero attached hydrogens (tertiary/aromatic N) is 2. The number of benzene rings is 4. The van der Waals surface area contributed by atoms with Gasteiger partial charge in [0.25, 0.3) is 0 Å². The summed E-state index contributed by atoms with van der Waals surface area (Å²) in [6.07, 6.45) is 14.5. The van der Waals surface area contributed by atoms with Crippen molar-refractivity contribution in [2.24, 2.45) is 5.73 Å². The van der Waals surface area contributed by atoms with Gasteiger partial charge in [-0.25, -0.2) is 0 Å². The van der Waals surface area contributed by atoms with Crippen LogP contribution in [0.4, 0.5) is 0 Å². The zero-order chi connectivity index (χ0) is 29.1. The van der Waals surface area contributed by atoms with Crippen LogP contribution >= 0.6 is 0 Å². The SMILES string of the molecule is C=C/C=C\C(=N)c1ccc(-c2ccc3c4ccccc4c4ccc(-c5ccc(/C(N)=C/C=C\C)nc5)cc4c3c2)cn1. The lowest BCUT2D eigenvalue weighted by atomic mass is 9.90. The van der Waals surface area contributed by atoms with E-state index < -0.39 is 0 Å². The lowest BCUT2D eigenvalue weighted by molar-refractivity contribution is 1.26. The molecule has 202 valence electrons. The van der Waals surface area contributed by atoms with E-state index in [1.807, 2.05) is 55.7 Å². The van der Waals surface area contributed by atoms with Crippen molar-refractivity contribution in [1.82, 2.24) is 9.97 Å². The zero-order valence-corrected chi connectivity index (χ0v) is 23.4. The topological polar surface area (TPSA) is 75.7 Å². The molecule has 2 aromatic heterocycles. The van der Waals surface area contributed by atoms with Crippen LogP contribution in [0.25, 0.3) is 60.3 Å². The van der Waals surface area contributed by atoms with Gasteiger partial charge >= 0.3 is 0 Å². The van der Waals surface area contributed by atoms with Gasteiger partial charge in [-0.05, 0) is 86.8 Å². The molecule has 0 bridgehead atoms. The fourth-order valence-corrected chi connectivity index (χ4v) is 5.31. The van der Waals surface area contributed by atoms with Crippen molar-refractivity contribution >= 4 is 43.7 Å². The Morgan fingerprint density at radius 1 is 0.667 bits per heavy atom. The average Bonchev–Trinajstić information content (AvgIpc) is 3.06. The van der Waals surface area contributed by atoms with E-state index in [4.69, 9.17) is 11.1 Å². The maximum absolute atomic E-state index is 8.22. The molecule has 0 amide bonds. The summed E-state index contributed by atoms with van der Waals surface area (Å²) < 4.78 is 0. The van der Waals surface area contributed by atoms with Crippen molar-refractivity contribution in [3.63, 3.8) is 0 Å². The van der Waals surface area contributed by atoms with Gasteiger partial charge in [-0.1, -0.05) is 91.5 Å². The van der Waals surface area contributed by atoms with Crippen molar-refractivity contribution in [2.45, 2.75) is 6.92 Å². The highest BCUT2D eigenvalue weighted by Gasteiger charge is 2.12. The number of hydrogen-bond donors (Lipinski definition) is 2. The number of pyridine rings is 2. The molecule has 42 heavy (non-hydrogen) atoms. The highest BCUT2D eigenvalue weighted by atomic mass is 14.7. The summed E-state index contributed by atoms with van der Waals surface area (Å²) in [5.41, 5.74) is 12.8. The molecule has 0 aliphatic heterocycles. The molecule has 0 unspecified atom stereocenters. The first-order chi connectivity index (χ1) is 20.6. The van der Waals surface area contributed by atoms with Crippen molar-refractivity contribution in [3.05, 3.63) is 152 Å². The summed E-state index contributed by atoms with van der Waals surface area (Å²) in [5, 5.41) is 15.4. The summed E-state index contributed by atoms with van der Waals surface area (Å²) in [7, 11) is 0. The van der Waals surface area contributed by atoms with Crippen LogP contribution in [0.1, 0.15) is 18.3 Å². The number of nitrogens with one attached hydrogen (secondary N) is 1. The van der Waals surface area contributed by atoms with Gasteiger partial charge in [-0.2, -0.15) is 0 Å². The highest BCUT2D eigenvalue weighted by Crippen LogP contribution is 2.38. The van der Waals surface area contributed by atoms with E-state index in [1.165, 1.54) is 32.3 Å². The largest absolute Gasteiger partial charge is 0.397 e. The predicted molar refractivity (Wildman–Crippen MR) is 179 cm³/mol. The second-order valence-corrected chi connectivity index (χ2v) is 10.1. The van der Waals surface area contributed by atoms with E-state index >= 15 is 0 Å². The first kappa shape index (κ1) is 26.6. The van der Waals surface area contributed by atoms with E-state index in [2.05, 4.69) is 83.3 Å². The highest BCUT2D eigenvalue weighted by molar-refractivity contribution is 6.26. The zero-order valence-electron chi connectivity index (χ0n) is 23.4. The number of hydrogen-bond acceptors (Lipinski definition) is 4. The molecule has 0 fully saturated rings. The molecule has 6 rings (SSSR count). The summed E-state index contributed by atoms with van der Waals surface area (Å²) in [5.74, 6) is 0. The summed E-state index contributed by atoms with van der Waals surface area (Å²) in [4.78, 5) is 9.19. The third-order valence-electron chi connectivity index (χ3n) is 7.47. The van der Waals surface area contributed by atoms with E-state index in [-0.39, 0.29) is 0 Å². The van der Waals surface area contributed by atoms with Crippen LogP contribution in [0, 0.1) is 5.41 Å². The van der Waals surface area contributed by atoms with E-state index in [0.717, 1.165) is 27.9 Å². The van der Waals surface area contributed by atoms with Gasteiger partial charge < -0.3 is 5.73 Å².